The number of hydrogen-bond donors (Lipinski definition) is 1. The monoisotopic (exact) mass is 507 g/mol. The second-order valence-electron chi connectivity index (χ2n) is 8.14. The quantitative estimate of drug-likeness (QED) is 0.235. The highest BCUT2D eigenvalue weighted by Gasteiger charge is 2.23. The van der Waals surface area contributed by atoms with E-state index in [0.29, 0.717) is 39.7 Å². The number of anilines is 1. The van der Waals surface area contributed by atoms with Crippen LogP contribution in [-0.4, -0.2) is 34.9 Å². The third-order valence-corrected chi connectivity index (χ3v) is 7.21. The largest absolute Gasteiger partial charge is 0.493 e. The van der Waals surface area contributed by atoms with E-state index in [1.165, 1.54) is 36.1 Å². The van der Waals surface area contributed by atoms with E-state index >= 15 is 0 Å². The summed E-state index contributed by atoms with van der Waals surface area (Å²) in [7, 11) is 3.05. The first kappa shape index (κ1) is 25.4. The molecule has 188 valence electrons. The van der Waals surface area contributed by atoms with Crippen molar-refractivity contribution in [2.45, 2.75) is 43.6 Å². The molecule has 8 nitrogen and oxygen atoms in total. The van der Waals surface area contributed by atoms with E-state index in [1.807, 2.05) is 31.2 Å². The first-order valence-electron chi connectivity index (χ1n) is 11.7. The number of ether oxygens (including phenoxy) is 2. The summed E-state index contributed by atoms with van der Waals surface area (Å²) in [6.45, 7) is 4.20. The number of thioether (sulfide) groups is 1. The third kappa shape index (κ3) is 5.41. The number of nitrogens with zero attached hydrogens (tertiary/aromatic N) is 2. The summed E-state index contributed by atoms with van der Waals surface area (Å²) in [6, 6.07) is 14.7. The minimum absolute atomic E-state index is 0.155. The lowest BCUT2D eigenvalue weighted by molar-refractivity contribution is -0.115. The van der Waals surface area contributed by atoms with Gasteiger partial charge in [-0.05, 0) is 48.7 Å². The van der Waals surface area contributed by atoms with Crippen molar-refractivity contribution in [2.24, 2.45) is 0 Å². The first-order valence-corrected chi connectivity index (χ1v) is 12.6. The highest BCUT2D eigenvalue weighted by Crippen LogP contribution is 2.32. The zero-order chi connectivity index (χ0) is 25.7. The van der Waals surface area contributed by atoms with E-state index in [-0.39, 0.29) is 18.0 Å². The van der Waals surface area contributed by atoms with Crippen LogP contribution in [0.25, 0.3) is 10.9 Å². The van der Waals surface area contributed by atoms with Gasteiger partial charge in [-0.3, -0.25) is 14.2 Å². The molecular weight excluding hydrogens is 478 g/mol. The molecule has 1 unspecified atom stereocenters. The fraction of sp³-hybridized carbons (Fsp3) is 0.296. The molecule has 0 fully saturated rings. The molecule has 2 heterocycles. The first-order chi connectivity index (χ1) is 17.5. The number of benzene rings is 2. The molecule has 0 spiro atoms. The van der Waals surface area contributed by atoms with Crippen molar-refractivity contribution in [2.75, 3.05) is 19.5 Å². The van der Waals surface area contributed by atoms with Crippen LogP contribution in [-0.2, 0) is 17.8 Å². The van der Waals surface area contributed by atoms with E-state index in [9.17, 15) is 9.59 Å². The summed E-state index contributed by atoms with van der Waals surface area (Å²) in [6.07, 6.45) is 3.03. The van der Waals surface area contributed by atoms with Crippen LogP contribution in [0.3, 0.4) is 0 Å². The molecule has 1 amide bonds. The Morgan fingerprint density at radius 1 is 1.11 bits per heavy atom. The molecule has 2 aromatic carbocycles. The number of carbonyl (C=O) groups is 1. The van der Waals surface area contributed by atoms with Crippen LogP contribution in [0.5, 0.6) is 11.5 Å². The molecule has 4 rings (SSSR count). The zero-order valence-electron chi connectivity index (χ0n) is 20.7. The molecule has 0 bridgehead atoms. The Morgan fingerprint density at radius 2 is 1.83 bits per heavy atom. The highest BCUT2D eigenvalue weighted by atomic mass is 32.2. The van der Waals surface area contributed by atoms with E-state index in [2.05, 4.69) is 12.2 Å². The number of aryl methyl sites for hydroxylation is 1. The summed E-state index contributed by atoms with van der Waals surface area (Å²) < 4.78 is 17.8. The zero-order valence-corrected chi connectivity index (χ0v) is 21.6. The molecule has 1 N–H and O–H groups in total. The van der Waals surface area contributed by atoms with Gasteiger partial charge in [0, 0.05) is 11.8 Å². The van der Waals surface area contributed by atoms with Crippen LogP contribution in [0, 0.1) is 0 Å². The predicted molar refractivity (Wildman–Crippen MR) is 141 cm³/mol. The lowest BCUT2D eigenvalue weighted by Gasteiger charge is -2.18. The van der Waals surface area contributed by atoms with Gasteiger partial charge in [0.1, 0.15) is 5.76 Å². The van der Waals surface area contributed by atoms with Crippen LogP contribution >= 0.6 is 11.8 Å². The minimum atomic E-state index is -0.469. The number of fused-ring (bicyclic) bond motifs is 1. The van der Waals surface area contributed by atoms with E-state index in [4.69, 9.17) is 18.9 Å². The molecule has 9 heteroatoms. The van der Waals surface area contributed by atoms with Crippen molar-refractivity contribution in [1.82, 2.24) is 9.55 Å². The maximum absolute atomic E-state index is 13.6. The molecule has 0 aliphatic carbocycles. The lowest BCUT2D eigenvalue weighted by atomic mass is 10.1. The average Bonchev–Trinajstić information content (AvgIpc) is 3.42. The van der Waals surface area contributed by atoms with Crippen LogP contribution in [0.1, 0.15) is 31.6 Å². The molecular formula is C27H29N3O5S. The Balaban J connectivity index is 1.72. The second-order valence-corrected chi connectivity index (χ2v) is 9.31. The molecule has 2 aromatic heterocycles. The summed E-state index contributed by atoms with van der Waals surface area (Å²) in [4.78, 5) is 31.5. The van der Waals surface area contributed by atoms with E-state index in [0.717, 1.165) is 12.1 Å². The fourth-order valence-electron chi connectivity index (χ4n) is 3.81. The number of hydrogen-bond acceptors (Lipinski definition) is 7. The molecule has 36 heavy (non-hydrogen) atoms. The molecule has 0 saturated carbocycles. The van der Waals surface area contributed by atoms with Crippen molar-refractivity contribution in [3.05, 3.63) is 76.5 Å². The van der Waals surface area contributed by atoms with Crippen LogP contribution in [0.2, 0.25) is 0 Å². The average molecular weight is 508 g/mol. The van der Waals surface area contributed by atoms with Gasteiger partial charge in [0.05, 0.1) is 43.2 Å². The summed E-state index contributed by atoms with van der Waals surface area (Å²) in [5.74, 6) is 1.36. The Bertz CT molecular complexity index is 1400. The SMILES string of the molecule is CCc1ccc(NC(=O)C(CC)Sc2nc3cc(OC)c(OC)cc3c(=O)n2Cc2ccco2)cc1. The summed E-state index contributed by atoms with van der Waals surface area (Å²) in [5, 5.41) is 3.32. The third-order valence-electron chi connectivity index (χ3n) is 5.86. The topological polar surface area (TPSA) is 95.6 Å². The van der Waals surface area contributed by atoms with Crippen LogP contribution < -0.4 is 20.3 Å². The highest BCUT2D eigenvalue weighted by molar-refractivity contribution is 8.00. The van der Waals surface area contributed by atoms with Gasteiger partial charge in [-0.2, -0.15) is 0 Å². The van der Waals surface area contributed by atoms with Gasteiger partial charge in [0.15, 0.2) is 16.7 Å². The Morgan fingerprint density at radius 3 is 2.44 bits per heavy atom. The van der Waals surface area contributed by atoms with Gasteiger partial charge in [-0.25, -0.2) is 4.98 Å². The van der Waals surface area contributed by atoms with Crippen molar-refractivity contribution in [3.63, 3.8) is 0 Å². The number of rotatable bonds is 10. The maximum Gasteiger partial charge on any atom is 0.262 e. The predicted octanol–water partition coefficient (Wildman–Crippen LogP) is 5.13. The fourth-order valence-corrected chi connectivity index (χ4v) is 4.82. The summed E-state index contributed by atoms with van der Waals surface area (Å²) >= 11 is 1.25. The maximum atomic E-state index is 13.6. The van der Waals surface area contributed by atoms with Crippen LogP contribution in [0.15, 0.2) is 69.2 Å². The van der Waals surface area contributed by atoms with E-state index < -0.39 is 5.25 Å². The summed E-state index contributed by atoms with van der Waals surface area (Å²) in [5.41, 5.74) is 2.13. The minimum Gasteiger partial charge on any atom is -0.493 e. The smallest absolute Gasteiger partial charge is 0.262 e. The van der Waals surface area contributed by atoms with Gasteiger partial charge >= 0.3 is 0 Å². The standard InChI is InChI=1S/C27H29N3O5S/c1-5-17-9-11-18(12-10-17)28-25(31)24(6-2)36-27-29-21-15-23(34-4)22(33-3)14-20(21)26(32)30(27)16-19-8-7-13-35-19/h7-15,24H,5-6,16H2,1-4H3,(H,28,31). The van der Waals surface area contributed by atoms with Gasteiger partial charge in [-0.15, -0.1) is 0 Å². The molecule has 4 aromatic rings. The number of nitrogens with one attached hydrogen (secondary N) is 1. The molecule has 0 saturated heterocycles. The van der Waals surface area contributed by atoms with Gasteiger partial charge in [0.25, 0.3) is 5.56 Å². The van der Waals surface area contributed by atoms with Gasteiger partial charge < -0.3 is 19.2 Å². The normalized spacial score (nSPS) is 11.9. The second kappa shape index (κ2) is 11.3. The van der Waals surface area contributed by atoms with Crippen molar-refractivity contribution in [3.8, 4) is 11.5 Å². The van der Waals surface area contributed by atoms with Crippen LogP contribution in [0.4, 0.5) is 5.69 Å². The molecule has 0 aliphatic rings. The van der Waals surface area contributed by atoms with Crippen molar-refractivity contribution in [1.29, 1.82) is 0 Å². The number of aromatic nitrogens is 2. The lowest BCUT2D eigenvalue weighted by Crippen LogP contribution is -2.28. The van der Waals surface area contributed by atoms with E-state index in [1.54, 1.807) is 30.5 Å². The molecule has 1 atom stereocenters. The Hall–Kier alpha value is -3.72. The number of carbonyl (C=O) groups excluding carboxylic acids is 1. The number of methoxy groups -OCH3 is 2. The van der Waals surface area contributed by atoms with Crippen molar-refractivity contribution >= 4 is 34.3 Å². The number of furan rings is 1. The Kier molecular flexibility index (Phi) is 8.00. The van der Waals surface area contributed by atoms with Crippen molar-refractivity contribution < 1.29 is 18.7 Å². The Labute approximate surface area is 213 Å². The number of amides is 1. The van der Waals surface area contributed by atoms with Gasteiger partial charge in [0.2, 0.25) is 5.91 Å². The molecule has 0 aliphatic heterocycles. The van der Waals surface area contributed by atoms with Gasteiger partial charge in [-0.1, -0.05) is 37.7 Å². The molecule has 0 radical (unpaired) electrons.